The Hall–Kier alpha value is -1.96. The van der Waals surface area contributed by atoms with Crippen molar-refractivity contribution in [3.8, 4) is 0 Å². The van der Waals surface area contributed by atoms with Crippen LogP contribution in [0.1, 0.15) is 26.2 Å². The van der Waals surface area contributed by atoms with E-state index in [0.29, 0.717) is 43.7 Å². The molecule has 29 heavy (non-hydrogen) atoms. The minimum absolute atomic E-state index is 0.113. The lowest BCUT2D eigenvalue weighted by molar-refractivity contribution is -0.134. The van der Waals surface area contributed by atoms with Crippen LogP contribution in [0.5, 0.6) is 0 Å². The van der Waals surface area contributed by atoms with Crippen LogP contribution in [0.2, 0.25) is 0 Å². The van der Waals surface area contributed by atoms with Crippen LogP contribution in [0.4, 0.5) is 0 Å². The lowest BCUT2D eigenvalue weighted by Gasteiger charge is -2.37. The molecule has 4 rings (SSSR count). The maximum atomic E-state index is 13.1. The summed E-state index contributed by atoms with van der Waals surface area (Å²) in [7, 11) is -3.55. The van der Waals surface area contributed by atoms with E-state index >= 15 is 0 Å². The fourth-order valence-corrected chi connectivity index (χ4v) is 5.78. The van der Waals surface area contributed by atoms with Gasteiger partial charge in [-0.25, -0.2) is 8.42 Å². The molecule has 7 heteroatoms. The maximum absolute atomic E-state index is 13.1. The zero-order valence-electron chi connectivity index (χ0n) is 17.0. The Labute approximate surface area is 173 Å². The van der Waals surface area contributed by atoms with Gasteiger partial charge in [-0.1, -0.05) is 36.8 Å². The van der Waals surface area contributed by atoms with Crippen molar-refractivity contribution in [1.29, 1.82) is 0 Å². The number of carbonyl (C=O) groups is 1. The molecule has 1 amide bonds. The summed E-state index contributed by atoms with van der Waals surface area (Å²) >= 11 is 0. The highest BCUT2D eigenvalue weighted by Gasteiger charge is 2.31. The molecule has 2 aromatic rings. The third-order valence-electron chi connectivity index (χ3n) is 6.23. The molecule has 2 aromatic carbocycles. The van der Waals surface area contributed by atoms with Crippen LogP contribution in [-0.2, 0) is 14.8 Å². The number of sulfonamides is 1. The van der Waals surface area contributed by atoms with E-state index in [9.17, 15) is 13.2 Å². The van der Waals surface area contributed by atoms with Crippen molar-refractivity contribution < 1.29 is 13.2 Å². The molecule has 0 aromatic heterocycles. The predicted octanol–water partition coefficient (Wildman–Crippen LogP) is 2.55. The lowest BCUT2D eigenvalue weighted by atomic mass is 10.0. The average Bonchev–Trinajstić information content (AvgIpc) is 2.75. The van der Waals surface area contributed by atoms with Gasteiger partial charge in [0.05, 0.1) is 11.4 Å². The monoisotopic (exact) mass is 415 g/mol. The van der Waals surface area contributed by atoms with E-state index in [0.717, 1.165) is 30.2 Å². The number of piperidine rings is 1. The number of carbonyl (C=O) groups excluding carboxylic acids is 1. The number of piperazine rings is 1. The Kier molecular flexibility index (Phi) is 5.90. The van der Waals surface area contributed by atoms with Crippen LogP contribution in [0, 0.1) is 0 Å². The maximum Gasteiger partial charge on any atom is 0.243 e. The number of fused-ring (bicyclic) bond motifs is 1. The highest BCUT2D eigenvalue weighted by atomic mass is 32.2. The second-order valence-electron chi connectivity index (χ2n) is 8.11. The van der Waals surface area contributed by atoms with Crippen molar-refractivity contribution in [2.24, 2.45) is 0 Å². The van der Waals surface area contributed by atoms with Gasteiger partial charge >= 0.3 is 0 Å². The van der Waals surface area contributed by atoms with E-state index in [1.165, 1.54) is 10.7 Å². The average molecular weight is 416 g/mol. The molecule has 0 aliphatic carbocycles. The van der Waals surface area contributed by atoms with E-state index in [4.69, 9.17) is 0 Å². The summed E-state index contributed by atoms with van der Waals surface area (Å²) < 4.78 is 27.7. The first-order valence-corrected chi connectivity index (χ1v) is 11.9. The van der Waals surface area contributed by atoms with E-state index in [1.807, 2.05) is 35.2 Å². The Morgan fingerprint density at radius 2 is 1.69 bits per heavy atom. The minimum atomic E-state index is -3.55. The van der Waals surface area contributed by atoms with E-state index in [-0.39, 0.29) is 5.91 Å². The molecule has 0 N–H and O–H groups in total. The van der Waals surface area contributed by atoms with Crippen molar-refractivity contribution >= 4 is 26.7 Å². The predicted molar refractivity (Wildman–Crippen MR) is 114 cm³/mol. The second kappa shape index (κ2) is 8.42. The SMILES string of the molecule is C[C@H]1CCCCN1CC(=O)N1CCN(S(=O)(=O)c2ccc3ccccc3c2)CC1. The van der Waals surface area contributed by atoms with Crippen molar-refractivity contribution in [1.82, 2.24) is 14.1 Å². The summed E-state index contributed by atoms with van der Waals surface area (Å²) in [6.07, 6.45) is 3.53. The fraction of sp³-hybridized carbons (Fsp3) is 0.500. The molecule has 2 aliphatic rings. The molecule has 0 saturated carbocycles. The van der Waals surface area contributed by atoms with Crippen LogP contribution < -0.4 is 0 Å². The molecular weight excluding hydrogens is 386 g/mol. The van der Waals surface area contributed by atoms with Crippen LogP contribution in [0.3, 0.4) is 0 Å². The first-order valence-electron chi connectivity index (χ1n) is 10.5. The quantitative estimate of drug-likeness (QED) is 0.770. The number of likely N-dealkylation sites (tertiary alicyclic amines) is 1. The molecule has 0 spiro atoms. The Morgan fingerprint density at radius 1 is 0.966 bits per heavy atom. The second-order valence-corrected chi connectivity index (χ2v) is 10.0. The summed E-state index contributed by atoms with van der Waals surface area (Å²) in [5.74, 6) is 0.113. The van der Waals surface area contributed by atoms with Crippen molar-refractivity contribution in [2.75, 3.05) is 39.3 Å². The molecule has 2 fully saturated rings. The number of benzene rings is 2. The third kappa shape index (κ3) is 4.32. The topological polar surface area (TPSA) is 60.9 Å². The Balaban J connectivity index is 1.39. The van der Waals surface area contributed by atoms with Crippen LogP contribution in [0.15, 0.2) is 47.4 Å². The molecule has 2 saturated heterocycles. The summed E-state index contributed by atoms with van der Waals surface area (Å²) in [6, 6.07) is 13.5. The van der Waals surface area contributed by atoms with E-state index < -0.39 is 10.0 Å². The lowest BCUT2D eigenvalue weighted by Crippen LogP contribution is -2.53. The van der Waals surface area contributed by atoms with Crippen molar-refractivity contribution in [3.05, 3.63) is 42.5 Å². The van der Waals surface area contributed by atoms with Crippen molar-refractivity contribution in [2.45, 2.75) is 37.1 Å². The smallest absolute Gasteiger partial charge is 0.243 e. The Morgan fingerprint density at radius 3 is 2.41 bits per heavy atom. The van der Waals surface area contributed by atoms with Gasteiger partial charge in [0.15, 0.2) is 0 Å². The molecule has 0 radical (unpaired) electrons. The number of rotatable bonds is 4. The number of amides is 1. The molecule has 2 aliphatic heterocycles. The highest BCUT2D eigenvalue weighted by Crippen LogP contribution is 2.23. The van der Waals surface area contributed by atoms with Crippen LogP contribution >= 0.6 is 0 Å². The van der Waals surface area contributed by atoms with Crippen molar-refractivity contribution in [3.63, 3.8) is 0 Å². The molecule has 6 nitrogen and oxygen atoms in total. The zero-order valence-corrected chi connectivity index (χ0v) is 17.8. The number of nitrogens with zero attached hydrogens (tertiary/aromatic N) is 3. The van der Waals surface area contributed by atoms with Gasteiger partial charge < -0.3 is 4.90 Å². The molecule has 0 bridgehead atoms. The first kappa shape index (κ1) is 20.3. The summed E-state index contributed by atoms with van der Waals surface area (Å²) in [6.45, 7) is 5.19. The van der Waals surface area contributed by atoms with E-state index in [2.05, 4.69) is 11.8 Å². The summed E-state index contributed by atoms with van der Waals surface area (Å²) in [5, 5.41) is 1.94. The van der Waals surface area contributed by atoms with Gasteiger partial charge in [-0.05, 0) is 49.2 Å². The van der Waals surface area contributed by atoms with Gasteiger partial charge in [-0.15, -0.1) is 0 Å². The Bertz CT molecular complexity index is 984. The highest BCUT2D eigenvalue weighted by molar-refractivity contribution is 7.89. The van der Waals surface area contributed by atoms with Crippen LogP contribution in [0.25, 0.3) is 10.8 Å². The molecule has 156 valence electrons. The summed E-state index contributed by atoms with van der Waals surface area (Å²) in [4.78, 5) is 17.1. The zero-order chi connectivity index (χ0) is 20.4. The standard InChI is InChI=1S/C22H29N3O3S/c1-18-6-4-5-11-24(18)17-22(26)23-12-14-25(15-13-23)29(27,28)21-10-9-19-7-2-3-8-20(19)16-21/h2-3,7-10,16,18H,4-6,11-15,17H2,1H3/t18-/m0/s1. The fourth-order valence-electron chi connectivity index (χ4n) is 4.32. The number of hydrogen-bond acceptors (Lipinski definition) is 4. The minimum Gasteiger partial charge on any atom is -0.339 e. The summed E-state index contributed by atoms with van der Waals surface area (Å²) in [5.41, 5.74) is 0. The van der Waals surface area contributed by atoms with Crippen LogP contribution in [-0.4, -0.2) is 73.7 Å². The first-order chi connectivity index (χ1) is 13.9. The van der Waals surface area contributed by atoms with Gasteiger partial charge in [0.25, 0.3) is 0 Å². The van der Waals surface area contributed by atoms with Gasteiger partial charge in [0.2, 0.25) is 15.9 Å². The molecular formula is C22H29N3O3S. The van der Waals surface area contributed by atoms with E-state index in [1.54, 1.807) is 12.1 Å². The molecule has 1 atom stereocenters. The van der Waals surface area contributed by atoms with Gasteiger partial charge in [0, 0.05) is 32.2 Å². The normalized spacial score (nSPS) is 22.1. The van der Waals surface area contributed by atoms with Gasteiger partial charge in [0.1, 0.15) is 0 Å². The molecule has 0 unspecified atom stereocenters. The van der Waals surface area contributed by atoms with Gasteiger partial charge in [-0.3, -0.25) is 9.69 Å². The number of hydrogen-bond donors (Lipinski definition) is 0. The van der Waals surface area contributed by atoms with Gasteiger partial charge in [-0.2, -0.15) is 4.31 Å². The third-order valence-corrected chi connectivity index (χ3v) is 8.12. The largest absolute Gasteiger partial charge is 0.339 e. The molecule has 2 heterocycles.